The minimum Gasteiger partial charge on any atom is -0.328 e. The molecule has 0 unspecified atom stereocenters. The van der Waals surface area contributed by atoms with E-state index in [1.54, 1.807) is 0 Å². The third-order valence-electron chi connectivity index (χ3n) is 3.86. The quantitative estimate of drug-likeness (QED) is 0.321. The third kappa shape index (κ3) is 14.5. The third-order valence-corrected chi connectivity index (χ3v) is 4.67. The van der Waals surface area contributed by atoms with E-state index >= 15 is 0 Å². The normalized spacial score (nSPS) is 13.0. The first-order chi connectivity index (χ1) is 9.66. The van der Waals surface area contributed by atoms with Crippen LogP contribution in [0.1, 0.15) is 45.4 Å². The second-order valence-electron chi connectivity index (χ2n) is 6.74. The van der Waals surface area contributed by atoms with E-state index in [1.807, 2.05) is 0 Å². The molecule has 0 atom stereocenters. The molecule has 0 aromatic heterocycles. The van der Waals surface area contributed by atoms with E-state index < -0.39 is 10.1 Å². The highest BCUT2D eigenvalue weighted by molar-refractivity contribution is 7.85. The molecule has 0 amide bonds. The highest BCUT2D eigenvalue weighted by atomic mass is 32.2. The number of rotatable bonds is 13. The Hall–Kier alpha value is -0.170. The van der Waals surface area contributed by atoms with Crippen molar-refractivity contribution in [3.63, 3.8) is 0 Å². The monoisotopic (exact) mass is 323 g/mol. The molecule has 0 aliphatic carbocycles. The van der Waals surface area contributed by atoms with Crippen LogP contribution in [0.25, 0.3) is 0 Å². The van der Waals surface area contributed by atoms with E-state index in [4.69, 9.17) is 4.55 Å². The zero-order chi connectivity index (χ0) is 16.4. The summed E-state index contributed by atoms with van der Waals surface area (Å²) in [6.07, 6.45) is 6.38. The first-order valence-electron chi connectivity index (χ1n) is 8.12. The first kappa shape index (κ1) is 20.8. The maximum Gasteiger partial charge on any atom is 0.264 e. The fourth-order valence-corrected chi connectivity index (χ4v) is 3.02. The van der Waals surface area contributed by atoms with Crippen LogP contribution in [-0.2, 0) is 10.1 Å². The summed E-state index contributed by atoms with van der Waals surface area (Å²) in [7, 11) is 2.76. The van der Waals surface area contributed by atoms with Gasteiger partial charge >= 0.3 is 0 Å². The Morgan fingerprint density at radius 3 is 2.10 bits per heavy atom. The van der Waals surface area contributed by atoms with Crippen molar-refractivity contribution < 1.29 is 17.5 Å². The smallest absolute Gasteiger partial charge is 0.264 e. The van der Waals surface area contributed by atoms with Crippen molar-refractivity contribution in [2.24, 2.45) is 0 Å². The van der Waals surface area contributed by atoms with Gasteiger partial charge in [0.2, 0.25) is 0 Å². The van der Waals surface area contributed by atoms with Crippen molar-refractivity contribution in [2.75, 3.05) is 53.1 Å². The largest absolute Gasteiger partial charge is 0.328 e. The van der Waals surface area contributed by atoms with Crippen LogP contribution < -0.4 is 0 Å². The van der Waals surface area contributed by atoms with Crippen LogP contribution in [0.5, 0.6) is 0 Å². The maximum atomic E-state index is 10.7. The van der Waals surface area contributed by atoms with E-state index in [0.717, 1.165) is 37.0 Å². The molecule has 0 bridgehead atoms. The molecule has 128 valence electrons. The van der Waals surface area contributed by atoms with Gasteiger partial charge in [0.25, 0.3) is 10.1 Å². The molecule has 0 aromatic carbocycles. The van der Waals surface area contributed by atoms with Crippen molar-refractivity contribution in [3.8, 4) is 0 Å². The van der Waals surface area contributed by atoms with Crippen molar-refractivity contribution in [3.05, 3.63) is 0 Å². The predicted molar refractivity (Wildman–Crippen MR) is 89.1 cm³/mol. The van der Waals surface area contributed by atoms with E-state index in [0.29, 0.717) is 6.42 Å². The Labute approximate surface area is 131 Å². The predicted octanol–water partition coefficient (Wildman–Crippen LogP) is 2.24. The van der Waals surface area contributed by atoms with Gasteiger partial charge in [-0.05, 0) is 32.9 Å². The molecule has 5 nitrogen and oxygen atoms in total. The molecular weight excluding hydrogens is 288 g/mol. The SMILES string of the molecule is CCCCCN(C)CCC[N+](C)(C)CCCCS(=O)(=O)O. The lowest BCUT2D eigenvalue weighted by Crippen LogP contribution is -2.42. The van der Waals surface area contributed by atoms with Gasteiger partial charge in [0.05, 0.1) is 32.9 Å². The maximum absolute atomic E-state index is 10.7. The molecule has 0 rings (SSSR count). The van der Waals surface area contributed by atoms with Crippen molar-refractivity contribution in [2.45, 2.75) is 45.4 Å². The van der Waals surface area contributed by atoms with Gasteiger partial charge in [-0.15, -0.1) is 0 Å². The Kier molecular flexibility index (Phi) is 10.5. The molecule has 1 N–H and O–H groups in total. The zero-order valence-electron chi connectivity index (χ0n) is 14.3. The summed E-state index contributed by atoms with van der Waals surface area (Å²) in [6.45, 7) is 6.58. The molecule has 0 aliphatic rings. The molecule has 0 saturated heterocycles. The van der Waals surface area contributed by atoms with E-state index in [-0.39, 0.29) is 5.75 Å². The van der Waals surface area contributed by atoms with Crippen molar-refractivity contribution in [1.82, 2.24) is 4.90 Å². The summed E-state index contributed by atoms with van der Waals surface area (Å²) in [5, 5.41) is 0. The summed E-state index contributed by atoms with van der Waals surface area (Å²) in [5.41, 5.74) is 0. The van der Waals surface area contributed by atoms with Crippen molar-refractivity contribution >= 4 is 10.1 Å². The summed E-state index contributed by atoms with van der Waals surface area (Å²) >= 11 is 0. The Morgan fingerprint density at radius 2 is 1.52 bits per heavy atom. The number of unbranched alkanes of at least 4 members (excludes halogenated alkanes) is 3. The molecule has 0 radical (unpaired) electrons. The molecule has 0 saturated carbocycles. The highest BCUT2D eigenvalue weighted by Crippen LogP contribution is 2.05. The highest BCUT2D eigenvalue weighted by Gasteiger charge is 2.15. The average molecular weight is 324 g/mol. The second-order valence-corrected chi connectivity index (χ2v) is 8.31. The van der Waals surface area contributed by atoms with Gasteiger partial charge < -0.3 is 9.38 Å². The second kappa shape index (κ2) is 10.5. The van der Waals surface area contributed by atoms with E-state index in [9.17, 15) is 8.42 Å². The van der Waals surface area contributed by atoms with Gasteiger partial charge in [-0.1, -0.05) is 19.8 Å². The lowest BCUT2D eigenvalue weighted by molar-refractivity contribution is -0.890. The van der Waals surface area contributed by atoms with Crippen LogP contribution in [0.4, 0.5) is 0 Å². The topological polar surface area (TPSA) is 57.6 Å². The van der Waals surface area contributed by atoms with Crippen LogP contribution in [0.15, 0.2) is 0 Å². The van der Waals surface area contributed by atoms with Crippen LogP contribution in [0.3, 0.4) is 0 Å². The van der Waals surface area contributed by atoms with Gasteiger partial charge in [-0.3, -0.25) is 4.55 Å². The Bertz CT molecular complexity index is 356. The summed E-state index contributed by atoms with van der Waals surface area (Å²) < 4.78 is 30.9. The summed E-state index contributed by atoms with van der Waals surface area (Å²) in [4.78, 5) is 2.40. The molecule has 0 aliphatic heterocycles. The molecule has 0 spiro atoms. The van der Waals surface area contributed by atoms with Gasteiger partial charge in [0.15, 0.2) is 0 Å². The molecule has 21 heavy (non-hydrogen) atoms. The van der Waals surface area contributed by atoms with Gasteiger partial charge in [-0.2, -0.15) is 8.42 Å². The number of hydrogen-bond acceptors (Lipinski definition) is 3. The molecule has 6 heteroatoms. The van der Waals surface area contributed by atoms with E-state index in [1.165, 1.54) is 25.8 Å². The number of nitrogens with zero attached hydrogens (tertiary/aromatic N) is 2. The standard InChI is InChI=1S/C15H34N2O3S/c1-5-6-7-11-16(2)12-10-14-17(3,4)13-8-9-15-21(18,19)20/h5-15H2,1-4H3/p+1. The fourth-order valence-electron chi connectivity index (χ4n) is 2.45. The van der Waals surface area contributed by atoms with Gasteiger partial charge in [0.1, 0.15) is 0 Å². The number of hydrogen-bond donors (Lipinski definition) is 1. The van der Waals surface area contributed by atoms with Crippen molar-refractivity contribution in [1.29, 1.82) is 0 Å². The van der Waals surface area contributed by atoms with Crippen LogP contribution in [0.2, 0.25) is 0 Å². The molecule has 0 heterocycles. The van der Waals surface area contributed by atoms with Crippen LogP contribution in [-0.4, -0.2) is 75.4 Å². The summed E-state index contributed by atoms with van der Waals surface area (Å²) in [5.74, 6) is -0.118. The minimum atomic E-state index is -3.79. The lowest BCUT2D eigenvalue weighted by Gasteiger charge is -2.30. The zero-order valence-corrected chi connectivity index (χ0v) is 15.2. The fraction of sp³-hybridized carbons (Fsp3) is 1.00. The van der Waals surface area contributed by atoms with Gasteiger partial charge in [0, 0.05) is 13.0 Å². The minimum absolute atomic E-state index is 0.118. The van der Waals surface area contributed by atoms with E-state index in [2.05, 4.69) is 33.0 Å². The van der Waals surface area contributed by atoms with Gasteiger partial charge in [-0.25, -0.2) is 0 Å². The Morgan fingerprint density at radius 1 is 0.952 bits per heavy atom. The van der Waals surface area contributed by atoms with Crippen LogP contribution in [0, 0.1) is 0 Å². The van der Waals surface area contributed by atoms with Crippen LogP contribution >= 0.6 is 0 Å². The Balaban J connectivity index is 3.71. The molecule has 0 fully saturated rings. The number of quaternary nitrogens is 1. The first-order valence-corrected chi connectivity index (χ1v) is 9.73. The summed E-state index contributed by atoms with van der Waals surface area (Å²) in [6, 6.07) is 0. The average Bonchev–Trinajstić information content (AvgIpc) is 2.34. The molecule has 0 aromatic rings. The molecular formula is C15H35N2O3S+. The lowest BCUT2D eigenvalue weighted by atomic mass is 10.2.